The lowest BCUT2D eigenvalue weighted by Gasteiger charge is -2.12. The van der Waals surface area contributed by atoms with Crippen molar-refractivity contribution in [3.63, 3.8) is 0 Å². The first-order chi connectivity index (χ1) is 11.9. The summed E-state index contributed by atoms with van der Waals surface area (Å²) >= 11 is 0. The normalized spacial score (nSPS) is 11.2. The summed E-state index contributed by atoms with van der Waals surface area (Å²) in [5.74, 6) is 1.58. The highest BCUT2D eigenvalue weighted by Crippen LogP contribution is 2.29. The Hall–Kier alpha value is -2.25. The lowest BCUT2D eigenvalue weighted by molar-refractivity contribution is 0.320. The van der Waals surface area contributed by atoms with Crippen molar-refractivity contribution < 1.29 is 22.6 Å². The van der Waals surface area contributed by atoms with E-state index in [0.717, 1.165) is 16.9 Å². The molecule has 0 aromatic heterocycles. The number of rotatable bonds is 8. The van der Waals surface area contributed by atoms with Crippen LogP contribution < -0.4 is 18.9 Å². The molecule has 0 bridgehead atoms. The van der Waals surface area contributed by atoms with Crippen LogP contribution >= 0.6 is 0 Å². The van der Waals surface area contributed by atoms with Crippen molar-refractivity contribution in [1.29, 1.82) is 0 Å². The van der Waals surface area contributed by atoms with Crippen LogP contribution in [-0.4, -0.2) is 35.8 Å². The quantitative estimate of drug-likeness (QED) is 0.728. The zero-order valence-electron chi connectivity index (χ0n) is 14.8. The molecular formula is C18H23NO5S. The first-order valence-corrected chi connectivity index (χ1v) is 9.27. The van der Waals surface area contributed by atoms with E-state index in [2.05, 4.69) is 4.72 Å². The first kappa shape index (κ1) is 19.1. The van der Waals surface area contributed by atoms with E-state index < -0.39 is 10.0 Å². The van der Waals surface area contributed by atoms with E-state index in [-0.39, 0.29) is 18.0 Å². The van der Waals surface area contributed by atoms with Crippen LogP contribution in [0.15, 0.2) is 41.3 Å². The van der Waals surface area contributed by atoms with Crippen LogP contribution in [0.2, 0.25) is 0 Å². The van der Waals surface area contributed by atoms with Gasteiger partial charge in [-0.05, 0) is 37.6 Å². The van der Waals surface area contributed by atoms with Gasteiger partial charge in [-0.25, -0.2) is 13.1 Å². The SMILES string of the molecule is COc1ccc(S(=O)(=O)NCCOc2ccc(C)cc2C)cc1OC. The predicted octanol–water partition coefficient (Wildman–Crippen LogP) is 2.68. The number of aryl methyl sites for hydroxylation is 2. The van der Waals surface area contributed by atoms with Gasteiger partial charge in [0.1, 0.15) is 12.4 Å². The molecule has 25 heavy (non-hydrogen) atoms. The van der Waals surface area contributed by atoms with E-state index >= 15 is 0 Å². The fraction of sp³-hybridized carbons (Fsp3) is 0.333. The van der Waals surface area contributed by atoms with Crippen molar-refractivity contribution in [2.45, 2.75) is 18.7 Å². The lowest BCUT2D eigenvalue weighted by Crippen LogP contribution is -2.28. The molecule has 0 fully saturated rings. The summed E-state index contributed by atoms with van der Waals surface area (Å²) in [7, 11) is -0.702. The second-order valence-corrected chi connectivity index (χ2v) is 7.30. The van der Waals surface area contributed by atoms with Crippen LogP contribution in [0.4, 0.5) is 0 Å². The monoisotopic (exact) mass is 365 g/mol. The Morgan fingerprint density at radius 2 is 1.60 bits per heavy atom. The molecule has 0 saturated carbocycles. The minimum Gasteiger partial charge on any atom is -0.493 e. The van der Waals surface area contributed by atoms with Crippen LogP contribution in [0.25, 0.3) is 0 Å². The molecule has 2 rings (SSSR count). The molecular weight excluding hydrogens is 342 g/mol. The van der Waals surface area contributed by atoms with Gasteiger partial charge >= 0.3 is 0 Å². The van der Waals surface area contributed by atoms with Gasteiger partial charge in [0.25, 0.3) is 0 Å². The highest BCUT2D eigenvalue weighted by molar-refractivity contribution is 7.89. The molecule has 2 aromatic carbocycles. The second-order valence-electron chi connectivity index (χ2n) is 5.53. The van der Waals surface area contributed by atoms with Crippen molar-refractivity contribution in [2.75, 3.05) is 27.4 Å². The van der Waals surface area contributed by atoms with Gasteiger partial charge in [0.2, 0.25) is 10.0 Å². The number of hydrogen-bond donors (Lipinski definition) is 1. The molecule has 0 heterocycles. The van der Waals surface area contributed by atoms with Gasteiger partial charge in [-0.1, -0.05) is 17.7 Å². The van der Waals surface area contributed by atoms with E-state index in [1.807, 2.05) is 32.0 Å². The van der Waals surface area contributed by atoms with Crippen LogP contribution in [0, 0.1) is 13.8 Å². The summed E-state index contributed by atoms with van der Waals surface area (Å²) in [6.07, 6.45) is 0. The zero-order chi connectivity index (χ0) is 18.4. The largest absolute Gasteiger partial charge is 0.493 e. The van der Waals surface area contributed by atoms with E-state index in [9.17, 15) is 8.42 Å². The molecule has 7 heteroatoms. The molecule has 0 amide bonds. The maximum absolute atomic E-state index is 12.4. The number of ether oxygens (including phenoxy) is 3. The summed E-state index contributed by atoms with van der Waals surface area (Å²) in [6, 6.07) is 10.3. The summed E-state index contributed by atoms with van der Waals surface area (Å²) in [4.78, 5) is 0.108. The molecule has 0 atom stereocenters. The predicted molar refractivity (Wildman–Crippen MR) is 96.1 cm³/mol. The van der Waals surface area contributed by atoms with Crippen LogP contribution in [0.5, 0.6) is 17.2 Å². The van der Waals surface area contributed by atoms with Gasteiger partial charge in [0.05, 0.1) is 19.1 Å². The van der Waals surface area contributed by atoms with E-state index in [1.165, 1.54) is 26.4 Å². The average Bonchev–Trinajstić information content (AvgIpc) is 2.59. The molecule has 136 valence electrons. The minimum atomic E-state index is -3.65. The van der Waals surface area contributed by atoms with Crippen molar-refractivity contribution in [3.05, 3.63) is 47.5 Å². The Morgan fingerprint density at radius 3 is 2.24 bits per heavy atom. The topological polar surface area (TPSA) is 73.9 Å². The Morgan fingerprint density at radius 1 is 0.920 bits per heavy atom. The minimum absolute atomic E-state index is 0.108. The zero-order valence-corrected chi connectivity index (χ0v) is 15.6. The average molecular weight is 365 g/mol. The number of methoxy groups -OCH3 is 2. The molecule has 1 N–H and O–H groups in total. The number of nitrogens with one attached hydrogen (secondary N) is 1. The van der Waals surface area contributed by atoms with Crippen LogP contribution in [-0.2, 0) is 10.0 Å². The van der Waals surface area contributed by atoms with E-state index in [0.29, 0.717) is 11.5 Å². The Balaban J connectivity index is 1.97. The van der Waals surface area contributed by atoms with Crippen LogP contribution in [0.3, 0.4) is 0 Å². The van der Waals surface area contributed by atoms with Gasteiger partial charge in [-0.2, -0.15) is 0 Å². The maximum atomic E-state index is 12.4. The van der Waals surface area contributed by atoms with Crippen molar-refractivity contribution in [1.82, 2.24) is 4.72 Å². The van der Waals surface area contributed by atoms with E-state index in [1.54, 1.807) is 6.07 Å². The van der Waals surface area contributed by atoms with Gasteiger partial charge in [-0.15, -0.1) is 0 Å². The summed E-state index contributed by atoms with van der Waals surface area (Å²) in [5.41, 5.74) is 2.17. The maximum Gasteiger partial charge on any atom is 0.240 e. The third-order valence-electron chi connectivity index (χ3n) is 3.65. The van der Waals surface area contributed by atoms with Gasteiger partial charge in [-0.3, -0.25) is 0 Å². The number of benzene rings is 2. The molecule has 0 aliphatic heterocycles. The Kier molecular flexibility index (Phi) is 6.27. The summed E-state index contributed by atoms with van der Waals surface area (Å²) in [5, 5.41) is 0. The van der Waals surface area contributed by atoms with E-state index in [4.69, 9.17) is 14.2 Å². The van der Waals surface area contributed by atoms with Crippen molar-refractivity contribution >= 4 is 10.0 Å². The highest BCUT2D eigenvalue weighted by atomic mass is 32.2. The van der Waals surface area contributed by atoms with Gasteiger partial charge < -0.3 is 14.2 Å². The smallest absolute Gasteiger partial charge is 0.240 e. The third kappa shape index (κ3) is 4.87. The fourth-order valence-corrected chi connectivity index (χ4v) is 3.39. The molecule has 0 aliphatic carbocycles. The van der Waals surface area contributed by atoms with Gasteiger partial charge in [0, 0.05) is 12.6 Å². The number of hydrogen-bond acceptors (Lipinski definition) is 5. The van der Waals surface area contributed by atoms with Gasteiger partial charge in [0.15, 0.2) is 11.5 Å². The molecule has 0 aliphatic rings. The molecule has 0 saturated heterocycles. The molecule has 0 unspecified atom stereocenters. The summed E-state index contributed by atoms with van der Waals surface area (Å²) in [6.45, 7) is 4.35. The Bertz CT molecular complexity index is 833. The second kappa shape index (κ2) is 8.22. The fourth-order valence-electron chi connectivity index (χ4n) is 2.37. The van der Waals surface area contributed by atoms with Crippen molar-refractivity contribution in [3.8, 4) is 17.2 Å². The van der Waals surface area contributed by atoms with Crippen LogP contribution in [0.1, 0.15) is 11.1 Å². The Labute approximate surface area is 148 Å². The highest BCUT2D eigenvalue weighted by Gasteiger charge is 2.16. The summed E-state index contributed by atoms with van der Waals surface area (Å²) < 4.78 is 43.1. The first-order valence-electron chi connectivity index (χ1n) is 7.79. The van der Waals surface area contributed by atoms with Crippen molar-refractivity contribution in [2.24, 2.45) is 0 Å². The molecule has 6 nitrogen and oxygen atoms in total. The standard InChI is InChI=1S/C18H23NO5S/c1-13-5-7-16(14(2)11-13)24-10-9-19-25(20,21)15-6-8-17(22-3)18(12-15)23-4/h5-8,11-12,19H,9-10H2,1-4H3. The molecule has 0 spiro atoms. The number of sulfonamides is 1. The molecule has 2 aromatic rings. The third-order valence-corrected chi connectivity index (χ3v) is 5.11. The molecule has 0 radical (unpaired) electrons. The lowest BCUT2D eigenvalue weighted by atomic mass is 10.1.